The summed E-state index contributed by atoms with van der Waals surface area (Å²) < 4.78 is 23.7. The van der Waals surface area contributed by atoms with Gasteiger partial charge < -0.3 is 14.8 Å². The molecular weight excluding hydrogens is 297 g/mol. The Hall–Kier alpha value is -2.56. The van der Waals surface area contributed by atoms with Crippen LogP contribution in [0.2, 0.25) is 0 Å². The summed E-state index contributed by atoms with van der Waals surface area (Å²) in [6.07, 6.45) is -0.697. The maximum absolute atomic E-state index is 12.9. The summed E-state index contributed by atoms with van der Waals surface area (Å²) in [7, 11) is 1.59. The van der Waals surface area contributed by atoms with Gasteiger partial charge >= 0.3 is 0 Å². The van der Waals surface area contributed by atoms with Crippen molar-refractivity contribution in [2.75, 3.05) is 7.11 Å². The fraction of sp³-hybridized carbons (Fsp3) is 0.278. The molecule has 2 atom stereocenters. The van der Waals surface area contributed by atoms with Crippen LogP contribution in [-0.4, -0.2) is 19.1 Å². The van der Waals surface area contributed by atoms with Crippen LogP contribution < -0.4 is 14.8 Å². The molecule has 0 saturated carbocycles. The van der Waals surface area contributed by atoms with Gasteiger partial charge in [0.2, 0.25) is 0 Å². The number of benzene rings is 2. The SMILES string of the molecule is COc1ccccc1[C@@H](C)NC(=O)[C@H](C)Oc1ccc(F)cc1. The minimum Gasteiger partial charge on any atom is -0.496 e. The van der Waals surface area contributed by atoms with E-state index < -0.39 is 6.10 Å². The highest BCUT2D eigenvalue weighted by Gasteiger charge is 2.19. The molecule has 23 heavy (non-hydrogen) atoms. The van der Waals surface area contributed by atoms with Crippen LogP contribution in [0.1, 0.15) is 25.5 Å². The van der Waals surface area contributed by atoms with Gasteiger partial charge in [-0.1, -0.05) is 18.2 Å². The Morgan fingerprint density at radius 3 is 2.39 bits per heavy atom. The first kappa shape index (κ1) is 16.8. The highest BCUT2D eigenvalue weighted by atomic mass is 19.1. The lowest BCUT2D eigenvalue weighted by Gasteiger charge is -2.20. The molecule has 0 radical (unpaired) electrons. The van der Waals surface area contributed by atoms with Crippen LogP contribution in [0.25, 0.3) is 0 Å². The Balaban J connectivity index is 1.98. The van der Waals surface area contributed by atoms with E-state index in [9.17, 15) is 9.18 Å². The zero-order valence-corrected chi connectivity index (χ0v) is 13.4. The third-order valence-electron chi connectivity index (χ3n) is 3.46. The average molecular weight is 317 g/mol. The molecule has 0 aliphatic carbocycles. The number of amides is 1. The quantitative estimate of drug-likeness (QED) is 0.887. The first-order valence-corrected chi connectivity index (χ1v) is 7.36. The predicted molar refractivity (Wildman–Crippen MR) is 86.0 cm³/mol. The van der Waals surface area contributed by atoms with Crippen molar-refractivity contribution in [1.29, 1.82) is 0 Å². The van der Waals surface area contributed by atoms with Gasteiger partial charge in [0.25, 0.3) is 5.91 Å². The number of hydrogen-bond acceptors (Lipinski definition) is 3. The number of hydrogen-bond donors (Lipinski definition) is 1. The van der Waals surface area contributed by atoms with E-state index in [1.165, 1.54) is 24.3 Å². The first-order chi connectivity index (χ1) is 11.0. The number of halogens is 1. The number of rotatable bonds is 6. The maximum Gasteiger partial charge on any atom is 0.261 e. The normalized spacial score (nSPS) is 13.0. The molecular formula is C18H20FNO3. The van der Waals surface area contributed by atoms with Crippen LogP contribution >= 0.6 is 0 Å². The Morgan fingerprint density at radius 1 is 1.09 bits per heavy atom. The van der Waals surface area contributed by atoms with Crippen molar-refractivity contribution in [3.63, 3.8) is 0 Å². The lowest BCUT2D eigenvalue weighted by atomic mass is 10.1. The van der Waals surface area contributed by atoms with Crippen molar-refractivity contribution in [2.45, 2.75) is 26.0 Å². The monoisotopic (exact) mass is 317 g/mol. The summed E-state index contributed by atoms with van der Waals surface area (Å²) in [5.41, 5.74) is 0.886. The molecule has 0 unspecified atom stereocenters. The summed E-state index contributed by atoms with van der Waals surface area (Å²) in [4.78, 5) is 12.2. The average Bonchev–Trinajstić information content (AvgIpc) is 2.56. The summed E-state index contributed by atoms with van der Waals surface area (Å²) >= 11 is 0. The van der Waals surface area contributed by atoms with Gasteiger partial charge in [-0.15, -0.1) is 0 Å². The zero-order chi connectivity index (χ0) is 16.8. The molecule has 5 heteroatoms. The predicted octanol–water partition coefficient (Wildman–Crippen LogP) is 3.48. The topological polar surface area (TPSA) is 47.6 Å². The minimum absolute atomic E-state index is 0.224. The fourth-order valence-corrected chi connectivity index (χ4v) is 2.20. The molecule has 2 rings (SSSR count). The molecule has 0 fully saturated rings. The lowest BCUT2D eigenvalue weighted by Crippen LogP contribution is -2.37. The fourth-order valence-electron chi connectivity index (χ4n) is 2.20. The third-order valence-corrected chi connectivity index (χ3v) is 3.46. The van der Waals surface area contributed by atoms with Crippen molar-refractivity contribution >= 4 is 5.91 Å². The molecule has 0 aromatic heterocycles. The van der Waals surface area contributed by atoms with Gasteiger partial charge in [0, 0.05) is 5.56 Å². The Kier molecular flexibility index (Phi) is 5.57. The third kappa shape index (κ3) is 4.45. The number of para-hydroxylation sites is 1. The molecule has 0 saturated heterocycles. The van der Waals surface area contributed by atoms with Gasteiger partial charge in [-0.2, -0.15) is 0 Å². The van der Waals surface area contributed by atoms with Gasteiger partial charge in [-0.05, 0) is 44.2 Å². The van der Waals surface area contributed by atoms with Crippen LogP contribution in [0.4, 0.5) is 4.39 Å². The van der Waals surface area contributed by atoms with E-state index in [4.69, 9.17) is 9.47 Å². The van der Waals surface area contributed by atoms with Crippen molar-refractivity contribution < 1.29 is 18.7 Å². The standard InChI is InChI=1S/C18H20FNO3/c1-12(16-6-4-5-7-17(16)22-3)20-18(21)13(2)23-15-10-8-14(19)9-11-15/h4-13H,1-3H3,(H,20,21)/t12-,13+/m1/s1. The number of nitrogens with one attached hydrogen (secondary N) is 1. The van der Waals surface area contributed by atoms with Gasteiger partial charge in [0.1, 0.15) is 17.3 Å². The minimum atomic E-state index is -0.697. The smallest absolute Gasteiger partial charge is 0.261 e. The van der Waals surface area contributed by atoms with Crippen molar-refractivity contribution in [2.24, 2.45) is 0 Å². The van der Waals surface area contributed by atoms with Crippen LogP contribution in [0.15, 0.2) is 48.5 Å². The van der Waals surface area contributed by atoms with E-state index in [1.54, 1.807) is 14.0 Å². The highest BCUT2D eigenvalue weighted by Crippen LogP contribution is 2.24. The molecule has 2 aromatic carbocycles. The van der Waals surface area contributed by atoms with Crippen LogP contribution in [-0.2, 0) is 4.79 Å². The molecule has 0 bridgehead atoms. The van der Waals surface area contributed by atoms with E-state index in [0.717, 1.165) is 5.56 Å². The highest BCUT2D eigenvalue weighted by molar-refractivity contribution is 5.81. The molecule has 122 valence electrons. The lowest BCUT2D eigenvalue weighted by molar-refractivity contribution is -0.127. The largest absolute Gasteiger partial charge is 0.496 e. The number of ether oxygens (including phenoxy) is 2. The second-order valence-corrected chi connectivity index (χ2v) is 5.19. The summed E-state index contributed by atoms with van der Waals surface area (Å²) in [5.74, 6) is 0.554. The van der Waals surface area contributed by atoms with Gasteiger partial charge in [-0.3, -0.25) is 4.79 Å². The number of carbonyl (C=O) groups excluding carboxylic acids is 1. The van der Waals surface area contributed by atoms with E-state index in [1.807, 2.05) is 31.2 Å². The van der Waals surface area contributed by atoms with Crippen LogP contribution in [0.3, 0.4) is 0 Å². The molecule has 1 N–H and O–H groups in total. The molecule has 0 aliphatic rings. The molecule has 2 aromatic rings. The number of methoxy groups -OCH3 is 1. The van der Waals surface area contributed by atoms with Crippen molar-refractivity contribution in [3.8, 4) is 11.5 Å². The second kappa shape index (κ2) is 7.63. The summed E-state index contributed by atoms with van der Waals surface area (Å²) in [6.45, 7) is 3.52. The Morgan fingerprint density at radius 2 is 1.74 bits per heavy atom. The van der Waals surface area contributed by atoms with Gasteiger partial charge in [0.15, 0.2) is 6.10 Å². The number of carbonyl (C=O) groups is 1. The van der Waals surface area contributed by atoms with Crippen molar-refractivity contribution in [1.82, 2.24) is 5.32 Å². The Bertz CT molecular complexity index is 658. The van der Waals surface area contributed by atoms with E-state index in [2.05, 4.69) is 5.32 Å². The van der Waals surface area contributed by atoms with E-state index >= 15 is 0 Å². The molecule has 0 aliphatic heterocycles. The van der Waals surface area contributed by atoms with Gasteiger partial charge in [-0.25, -0.2) is 4.39 Å². The van der Waals surface area contributed by atoms with Crippen LogP contribution in [0.5, 0.6) is 11.5 Å². The zero-order valence-electron chi connectivity index (χ0n) is 13.4. The van der Waals surface area contributed by atoms with E-state index in [-0.39, 0.29) is 17.8 Å². The molecule has 1 amide bonds. The molecule has 0 spiro atoms. The second-order valence-electron chi connectivity index (χ2n) is 5.19. The molecule has 4 nitrogen and oxygen atoms in total. The van der Waals surface area contributed by atoms with E-state index in [0.29, 0.717) is 11.5 Å². The Labute approximate surface area is 135 Å². The van der Waals surface area contributed by atoms with Crippen LogP contribution in [0, 0.1) is 5.82 Å². The summed E-state index contributed by atoms with van der Waals surface area (Å²) in [6, 6.07) is 12.8. The van der Waals surface area contributed by atoms with Crippen molar-refractivity contribution in [3.05, 3.63) is 59.9 Å². The van der Waals surface area contributed by atoms with Gasteiger partial charge in [0.05, 0.1) is 13.2 Å². The first-order valence-electron chi connectivity index (χ1n) is 7.36. The summed E-state index contributed by atoms with van der Waals surface area (Å²) in [5, 5.41) is 2.88. The molecule has 0 heterocycles. The maximum atomic E-state index is 12.9.